The molecule has 2 aromatic heterocycles. The highest BCUT2D eigenvalue weighted by Gasteiger charge is 2.22. The summed E-state index contributed by atoms with van der Waals surface area (Å²) in [4.78, 5) is 13.9. The molecule has 5 rings (SSSR count). The quantitative estimate of drug-likeness (QED) is 0.596. The Labute approximate surface area is 213 Å². The average Bonchev–Trinajstić information content (AvgIpc) is 3.53. The number of nitrogens with zero attached hydrogens (tertiary/aromatic N) is 3. The Morgan fingerprint density at radius 1 is 0.750 bits per heavy atom. The van der Waals surface area contributed by atoms with Gasteiger partial charge in [-0.15, -0.1) is 0 Å². The van der Waals surface area contributed by atoms with Crippen LogP contribution in [0, 0.1) is 0 Å². The second-order valence-corrected chi connectivity index (χ2v) is 9.78. The number of rotatable bonds is 4. The lowest BCUT2D eigenvalue weighted by atomic mass is 10.0. The van der Waals surface area contributed by atoms with E-state index in [1.54, 1.807) is 0 Å². The molecular formula is C31H36N4O. The summed E-state index contributed by atoms with van der Waals surface area (Å²) < 4.78 is 1.82. The fourth-order valence-electron chi connectivity index (χ4n) is 5.79. The van der Waals surface area contributed by atoms with Crippen LogP contribution < -0.4 is 10.7 Å². The van der Waals surface area contributed by atoms with Crippen LogP contribution in [0.15, 0.2) is 49.7 Å². The predicted octanol–water partition coefficient (Wildman–Crippen LogP) is 5.50. The van der Waals surface area contributed by atoms with Crippen molar-refractivity contribution in [3.63, 3.8) is 0 Å². The van der Waals surface area contributed by atoms with E-state index >= 15 is 0 Å². The molecule has 0 unspecified atom stereocenters. The number of aromatic nitrogens is 2. The number of fused-ring (bicyclic) bond motifs is 6. The Morgan fingerprint density at radius 2 is 1.25 bits per heavy atom. The van der Waals surface area contributed by atoms with Crippen molar-refractivity contribution in [2.75, 3.05) is 0 Å². The summed E-state index contributed by atoms with van der Waals surface area (Å²) in [5, 5.41) is 13.2. The van der Waals surface area contributed by atoms with Gasteiger partial charge in [0.25, 0.3) is 0 Å². The number of aromatic amines is 1. The van der Waals surface area contributed by atoms with Crippen LogP contribution in [0.2, 0.25) is 0 Å². The van der Waals surface area contributed by atoms with E-state index in [0.29, 0.717) is 0 Å². The zero-order valence-electron chi connectivity index (χ0n) is 22.5. The van der Waals surface area contributed by atoms with Gasteiger partial charge in [0, 0.05) is 29.0 Å². The highest BCUT2D eigenvalue weighted by Crippen LogP contribution is 2.34. The molecule has 0 radical (unpaired) electrons. The third kappa shape index (κ3) is 3.69. The molecule has 0 amide bonds. The first-order valence-electron chi connectivity index (χ1n) is 13.1. The Kier molecular flexibility index (Phi) is 6.11. The van der Waals surface area contributed by atoms with Crippen LogP contribution in [0.4, 0.5) is 0 Å². The minimum Gasteiger partial charge on any atom is -0.494 e. The van der Waals surface area contributed by atoms with Crippen molar-refractivity contribution in [3.8, 4) is 5.88 Å². The van der Waals surface area contributed by atoms with Crippen molar-refractivity contribution in [1.29, 1.82) is 0 Å². The van der Waals surface area contributed by atoms with E-state index in [2.05, 4.69) is 64.8 Å². The van der Waals surface area contributed by atoms with Gasteiger partial charge in [-0.1, -0.05) is 27.7 Å². The molecule has 0 fully saturated rings. The number of nitrogens with one attached hydrogen (secondary N) is 1. The largest absolute Gasteiger partial charge is 0.494 e. The van der Waals surface area contributed by atoms with E-state index in [9.17, 15) is 5.11 Å². The Hall–Kier alpha value is -3.60. The summed E-state index contributed by atoms with van der Waals surface area (Å²) in [6, 6.07) is 2.02. The van der Waals surface area contributed by atoms with E-state index in [-0.39, 0.29) is 5.88 Å². The normalized spacial score (nSPS) is 17.1. The molecule has 5 heterocycles. The minimum absolute atomic E-state index is 0.234. The molecule has 3 aliphatic heterocycles. The van der Waals surface area contributed by atoms with E-state index in [0.717, 1.165) is 70.5 Å². The van der Waals surface area contributed by atoms with Crippen molar-refractivity contribution in [3.05, 3.63) is 72.8 Å². The predicted molar refractivity (Wildman–Crippen MR) is 152 cm³/mol. The summed E-state index contributed by atoms with van der Waals surface area (Å²) in [5.41, 5.74) is 13.1. The van der Waals surface area contributed by atoms with E-state index in [1.165, 1.54) is 33.4 Å². The lowest BCUT2D eigenvalue weighted by Crippen LogP contribution is -2.16. The third-order valence-corrected chi connectivity index (χ3v) is 7.88. The first-order valence-corrected chi connectivity index (χ1v) is 13.1. The second-order valence-electron chi connectivity index (χ2n) is 9.78. The molecular weight excluding hydrogens is 444 g/mol. The van der Waals surface area contributed by atoms with Crippen LogP contribution >= 0.6 is 0 Å². The molecule has 0 atom stereocenters. The van der Waals surface area contributed by atoms with Gasteiger partial charge in [-0.05, 0) is 103 Å². The topological polar surface area (TPSA) is 65.7 Å². The van der Waals surface area contributed by atoms with Crippen LogP contribution in [0.5, 0.6) is 5.88 Å². The Bertz CT molecular complexity index is 1480. The molecule has 0 aliphatic carbocycles. The molecule has 0 spiro atoms. The molecule has 5 nitrogen and oxygen atoms in total. The fraction of sp³-hybridized carbons (Fsp3) is 0.355. The van der Waals surface area contributed by atoms with Gasteiger partial charge < -0.3 is 14.7 Å². The Balaban J connectivity index is 1.89. The van der Waals surface area contributed by atoms with Gasteiger partial charge >= 0.3 is 0 Å². The number of H-pyrrole nitrogens is 1. The van der Waals surface area contributed by atoms with Crippen LogP contribution in [-0.4, -0.2) is 26.1 Å². The van der Waals surface area contributed by atoms with Crippen molar-refractivity contribution in [2.45, 2.75) is 67.2 Å². The first kappa shape index (κ1) is 24.1. The van der Waals surface area contributed by atoms with Gasteiger partial charge in [0.15, 0.2) is 5.88 Å². The molecule has 8 bridgehead atoms. The van der Waals surface area contributed by atoms with Crippen molar-refractivity contribution in [1.82, 2.24) is 9.55 Å². The van der Waals surface area contributed by atoms with Crippen molar-refractivity contribution in [2.24, 2.45) is 17.0 Å². The number of hydrogen-bond donors (Lipinski definition) is 2. The maximum Gasteiger partial charge on any atom is 0.198 e. The molecule has 0 saturated heterocycles. The maximum atomic E-state index is 11.0. The third-order valence-electron chi connectivity index (χ3n) is 7.88. The van der Waals surface area contributed by atoms with Gasteiger partial charge in [-0.3, -0.25) is 0 Å². The number of aromatic hydroxyl groups is 1. The monoisotopic (exact) mass is 480 g/mol. The molecule has 36 heavy (non-hydrogen) atoms. The van der Waals surface area contributed by atoms with Crippen molar-refractivity contribution < 1.29 is 5.11 Å². The summed E-state index contributed by atoms with van der Waals surface area (Å²) in [7, 11) is 1.89. The van der Waals surface area contributed by atoms with E-state index in [1.807, 2.05) is 23.8 Å². The number of aliphatic imine (C=N–C) groups is 2. The molecule has 0 saturated carbocycles. The molecule has 186 valence electrons. The molecule has 5 heteroatoms. The van der Waals surface area contributed by atoms with Gasteiger partial charge in [0.2, 0.25) is 0 Å². The standard InChI is InChI=1S/C31H36N4O/c1-8-21-17(5)25-13-19-12-20(35(7)31(19)36)14-26-18(6)22(9-2)28(33-26)16-30-24(11-4)23(10-3)29(34-30)15-27(21)32-25/h12-16,34,36H,8-11H2,1-7H3. The molecule has 2 aromatic rings. The molecule has 3 aliphatic rings. The lowest BCUT2D eigenvalue weighted by molar-refractivity contribution is 0.430. The zero-order valence-corrected chi connectivity index (χ0v) is 22.5. The van der Waals surface area contributed by atoms with Gasteiger partial charge in [-0.25, -0.2) is 9.98 Å². The van der Waals surface area contributed by atoms with E-state index < -0.39 is 0 Å². The van der Waals surface area contributed by atoms with Crippen LogP contribution in [0.1, 0.15) is 76.8 Å². The van der Waals surface area contributed by atoms with Gasteiger partial charge in [-0.2, -0.15) is 0 Å². The number of hydrogen-bond acceptors (Lipinski definition) is 3. The minimum atomic E-state index is 0.234. The van der Waals surface area contributed by atoms with Crippen LogP contribution in [-0.2, 0) is 19.9 Å². The second kappa shape index (κ2) is 9.12. The average molecular weight is 481 g/mol. The van der Waals surface area contributed by atoms with Crippen LogP contribution in [0.3, 0.4) is 0 Å². The smallest absolute Gasteiger partial charge is 0.198 e. The Morgan fingerprint density at radius 3 is 1.72 bits per heavy atom. The van der Waals surface area contributed by atoms with Gasteiger partial charge in [0.05, 0.1) is 22.8 Å². The maximum absolute atomic E-state index is 11.0. The van der Waals surface area contributed by atoms with Crippen LogP contribution in [0.25, 0.3) is 24.3 Å². The highest BCUT2D eigenvalue weighted by atomic mass is 16.3. The summed E-state index contributed by atoms with van der Waals surface area (Å²) in [5.74, 6) is 0.234. The lowest BCUT2D eigenvalue weighted by Gasteiger charge is -2.02. The van der Waals surface area contributed by atoms with Crippen molar-refractivity contribution >= 4 is 35.7 Å². The summed E-state index contributed by atoms with van der Waals surface area (Å²) in [6.07, 6.45) is 12.2. The highest BCUT2D eigenvalue weighted by molar-refractivity contribution is 6.24. The molecule has 2 N–H and O–H groups in total. The number of allylic oxidation sites excluding steroid dienone is 4. The van der Waals surface area contributed by atoms with Gasteiger partial charge in [0.1, 0.15) is 0 Å². The zero-order chi connectivity index (χ0) is 25.7. The fourth-order valence-corrected chi connectivity index (χ4v) is 5.79. The first-order chi connectivity index (χ1) is 17.3. The van der Waals surface area contributed by atoms with E-state index in [4.69, 9.17) is 9.98 Å². The SMILES string of the molecule is CCC1=C(C)C2=Cc3cc(n(C)c3O)C=C3N=C(C=c4[nH]c(c(CC)c4CC)=CC1=N2)C(CC)=C3C. The molecule has 0 aromatic carbocycles. The summed E-state index contributed by atoms with van der Waals surface area (Å²) >= 11 is 0. The summed E-state index contributed by atoms with van der Waals surface area (Å²) in [6.45, 7) is 13.1.